The third-order valence-electron chi connectivity index (χ3n) is 2.83. The van der Waals surface area contributed by atoms with Crippen LogP contribution in [-0.2, 0) is 0 Å². The number of aliphatic imine (C=N–C) groups is 1. The zero-order valence-corrected chi connectivity index (χ0v) is 15.4. The van der Waals surface area contributed by atoms with Gasteiger partial charge in [-0.3, -0.25) is 4.79 Å². The van der Waals surface area contributed by atoms with Crippen molar-refractivity contribution in [1.82, 2.24) is 5.32 Å². The average molecular weight is 403 g/mol. The molecule has 2 aromatic rings. The number of amides is 1. The summed E-state index contributed by atoms with van der Waals surface area (Å²) in [6.07, 6.45) is 0. The molecule has 1 atom stereocenters. The third-order valence-corrected chi connectivity index (χ3v) is 4.91. The van der Waals surface area contributed by atoms with Crippen LogP contribution < -0.4 is 11.1 Å². The minimum Gasteiger partial charge on any atom is -0.378 e. The van der Waals surface area contributed by atoms with Gasteiger partial charge in [-0.1, -0.05) is 83.0 Å². The van der Waals surface area contributed by atoms with Crippen molar-refractivity contribution in [3.63, 3.8) is 0 Å². The maximum absolute atomic E-state index is 12.3. The normalized spacial score (nSPS) is 13.4. The fourth-order valence-corrected chi connectivity index (χ4v) is 3.01. The molecule has 0 aliphatic heterocycles. The van der Waals surface area contributed by atoms with Crippen molar-refractivity contribution in [2.75, 3.05) is 0 Å². The number of nitrogens with zero attached hydrogens (tertiary/aromatic N) is 1. The van der Waals surface area contributed by atoms with E-state index in [1.54, 1.807) is 36.4 Å². The molecule has 2 aromatic carbocycles. The molecule has 0 aliphatic carbocycles. The second-order valence-electron chi connectivity index (χ2n) is 4.66. The van der Waals surface area contributed by atoms with Crippen LogP contribution >= 0.6 is 46.6 Å². The number of amidine groups is 1. The summed E-state index contributed by atoms with van der Waals surface area (Å²) in [4.78, 5) is 16.5. The van der Waals surface area contributed by atoms with Gasteiger partial charge in [-0.15, -0.1) is 0 Å². The molecule has 126 valence electrons. The van der Waals surface area contributed by atoms with Crippen LogP contribution in [0.4, 0.5) is 5.69 Å². The minimum atomic E-state index is -1.76. The number of carbonyl (C=O) groups excluding carboxylic acids is 1. The lowest BCUT2D eigenvalue weighted by atomic mass is 10.2. The molecular weight excluding hydrogens is 389 g/mol. The standard InChI is InChI=1S/C16H14Cl3N3OS/c17-16(18,19)14(22-13(23)11-7-3-1-4-8-11)24-15(20)21-12-9-5-2-6-10-12/h1-10,14H,(H2,20,21)(H,22,23)/t14-/m0/s1. The summed E-state index contributed by atoms with van der Waals surface area (Å²) < 4.78 is -1.76. The molecule has 0 saturated heterocycles. The van der Waals surface area contributed by atoms with Crippen molar-refractivity contribution in [2.45, 2.75) is 9.17 Å². The van der Waals surface area contributed by atoms with Gasteiger partial charge in [0.1, 0.15) is 5.37 Å². The topological polar surface area (TPSA) is 67.5 Å². The van der Waals surface area contributed by atoms with Gasteiger partial charge in [-0.25, -0.2) is 4.99 Å². The summed E-state index contributed by atoms with van der Waals surface area (Å²) in [5.74, 6) is -0.369. The molecule has 0 heterocycles. The number of hydrogen-bond donors (Lipinski definition) is 2. The number of nitrogens with two attached hydrogens (primary N) is 1. The molecule has 0 unspecified atom stereocenters. The van der Waals surface area contributed by atoms with E-state index in [1.807, 2.05) is 24.3 Å². The molecule has 8 heteroatoms. The Kier molecular flexibility index (Phi) is 6.80. The fourth-order valence-electron chi connectivity index (χ4n) is 1.75. The number of para-hydroxylation sites is 1. The van der Waals surface area contributed by atoms with Gasteiger partial charge < -0.3 is 11.1 Å². The van der Waals surface area contributed by atoms with Crippen LogP contribution in [0, 0.1) is 0 Å². The van der Waals surface area contributed by atoms with Gasteiger partial charge in [0.25, 0.3) is 5.91 Å². The summed E-state index contributed by atoms with van der Waals surface area (Å²) in [5, 5.41) is 1.93. The van der Waals surface area contributed by atoms with Crippen molar-refractivity contribution in [3.05, 3.63) is 66.2 Å². The lowest BCUT2D eigenvalue weighted by Crippen LogP contribution is -2.42. The number of nitrogens with one attached hydrogen (secondary N) is 1. The predicted molar refractivity (Wildman–Crippen MR) is 103 cm³/mol. The molecule has 1 amide bonds. The van der Waals surface area contributed by atoms with Crippen LogP contribution in [0.25, 0.3) is 0 Å². The summed E-state index contributed by atoms with van der Waals surface area (Å²) in [6.45, 7) is 0. The number of benzene rings is 2. The van der Waals surface area contributed by atoms with Crippen LogP contribution in [-0.4, -0.2) is 20.2 Å². The highest BCUT2D eigenvalue weighted by Crippen LogP contribution is 2.36. The number of carbonyl (C=O) groups is 1. The smallest absolute Gasteiger partial charge is 0.252 e. The summed E-state index contributed by atoms with van der Waals surface area (Å²) in [7, 11) is 0. The van der Waals surface area contributed by atoms with Gasteiger partial charge in [0.05, 0.1) is 5.69 Å². The third kappa shape index (κ3) is 5.91. The molecule has 3 N–H and O–H groups in total. The largest absolute Gasteiger partial charge is 0.378 e. The van der Waals surface area contributed by atoms with Crippen molar-refractivity contribution in [3.8, 4) is 0 Å². The van der Waals surface area contributed by atoms with Crippen LogP contribution in [0.5, 0.6) is 0 Å². The SMILES string of the molecule is NC(=Nc1ccccc1)S[C@H](NC(=O)c1ccccc1)C(Cl)(Cl)Cl. The maximum atomic E-state index is 12.3. The van der Waals surface area contributed by atoms with E-state index in [9.17, 15) is 4.79 Å². The minimum absolute atomic E-state index is 0.172. The van der Waals surface area contributed by atoms with Gasteiger partial charge in [0.2, 0.25) is 3.79 Å². The van der Waals surface area contributed by atoms with Crippen molar-refractivity contribution in [2.24, 2.45) is 10.7 Å². The highest BCUT2D eigenvalue weighted by molar-refractivity contribution is 8.14. The van der Waals surface area contributed by atoms with Crippen molar-refractivity contribution < 1.29 is 4.79 Å². The Morgan fingerprint density at radius 2 is 1.58 bits per heavy atom. The number of hydrogen-bond acceptors (Lipinski definition) is 3. The van der Waals surface area contributed by atoms with E-state index in [-0.39, 0.29) is 11.1 Å². The number of rotatable bonds is 4. The van der Waals surface area contributed by atoms with E-state index < -0.39 is 9.17 Å². The van der Waals surface area contributed by atoms with Crippen LogP contribution in [0.15, 0.2) is 65.7 Å². The summed E-state index contributed by atoms with van der Waals surface area (Å²) >= 11 is 18.9. The van der Waals surface area contributed by atoms with E-state index in [4.69, 9.17) is 40.5 Å². The molecule has 0 radical (unpaired) electrons. The summed E-state index contributed by atoms with van der Waals surface area (Å²) in [6, 6.07) is 17.7. The maximum Gasteiger partial charge on any atom is 0.252 e. The first-order valence-electron chi connectivity index (χ1n) is 6.85. The lowest BCUT2D eigenvalue weighted by Gasteiger charge is -2.24. The second kappa shape index (κ2) is 8.62. The quantitative estimate of drug-likeness (QED) is 0.342. The number of thioether (sulfide) groups is 1. The molecule has 2 rings (SSSR count). The van der Waals surface area contributed by atoms with Crippen LogP contribution in [0.2, 0.25) is 0 Å². The second-order valence-corrected chi connectivity index (χ2v) is 8.16. The Morgan fingerprint density at radius 3 is 2.12 bits per heavy atom. The first-order chi connectivity index (χ1) is 11.4. The number of alkyl halides is 3. The predicted octanol–water partition coefficient (Wildman–Crippen LogP) is 4.49. The van der Waals surface area contributed by atoms with E-state index in [2.05, 4.69) is 10.3 Å². The van der Waals surface area contributed by atoms with Gasteiger partial charge in [0, 0.05) is 5.56 Å². The molecule has 4 nitrogen and oxygen atoms in total. The lowest BCUT2D eigenvalue weighted by molar-refractivity contribution is 0.0950. The van der Waals surface area contributed by atoms with Gasteiger partial charge >= 0.3 is 0 Å². The molecule has 0 aliphatic rings. The van der Waals surface area contributed by atoms with E-state index in [0.29, 0.717) is 11.3 Å². The van der Waals surface area contributed by atoms with Gasteiger partial charge in [-0.05, 0) is 24.3 Å². The van der Waals surface area contributed by atoms with Crippen molar-refractivity contribution >= 4 is 63.3 Å². The van der Waals surface area contributed by atoms with E-state index in [0.717, 1.165) is 11.8 Å². The highest BCUT2D eigenvalue weighted by Gasteiger charge is 2.35. The molecule has 24 heavy (non-hydrogen) atoms. The fraction of sp³-hybridized carbons (Fsp3) is 0.125. The van der Waals surface area contributed by atoms with Crippen LogP contribution in [0.1, 0.15) is 10.4 Å². The molecule has 0 fully saturated rings. The molecule has 0 aromatic heterocycles. The Balaban J connectivity index is 2.12. The van der Waals surface area contributed by atoms with Crippen LogP contribution in [0.3, 0.4) is 0 Å². The van der Waals surface area contributed by atoms with E-state index in [1.165, 1.54) is 0 Å². The summed E-state index contributed by atoms with van der Waals surface area (Å²) in [5.41, 5.74) is 7.02. The molecular formula is C16H14Cl3N3OS. The highest BCUT2D eigenvalue weighted by atomic mass is 35.6. The number of halogens is 3. The zero-order chi connectivity index (χ0) is 17.6. The molecule has 0 spiro atoms. The monoisotopic (exact) mass is 401 g/mol. The first-order valence-corrected chi connectivity index (χ1v) is 8.86. The Labute approximate surface area is 159 Å². The van der Waals surface area contributed by atoms with E-state index >= 15 is 0 Å². The van der Waals surface area contributed by atoms with Gasteiger partial charge in [-0.2, -0.15) is 0 Å². The molecule has 0 bridgehead atoms. The Bertz CT molecular complexity index is 706. The van der Waals surface area contributed by atoms with Crippen molar-refractivity contribution in [1.29, 1.82) is 0 Å². The zero-order valence-electron chi connectivity index (χ0n) is 12.3. The average Bonchev–Trinajstić information content (AvgIpc) is 2.55. The molecule has 0 saturated carbocycles. The Morgan fingerprint density at radius 1 is 1.04 bits per heavy atom. The van der Waals surface area contributed by atoms with Gasteiger partial charge in [0.15, 0.2) is 5.17 Å². The Hall–Kier alpha value is -1.40. The first kappa shape index (κ1) is 18.9.